The maximum Gasteiger partial charge on any atom is 0.305 e. The number of hydrogen-bond donors (Lipinski definition) is 2. The molecule has 0 heterocycles. The molecule has 0 aromatic heterocycles. The average molecular weight is 255 g/mol. The van der Waals surface area contributed by atoms with Crippen molar-refractivity contribution in [3.05, 3.63) is 29.6 Å². The van der Waals surface area contributed by atoms with Crippen molar-refractivity contribution in [2.24, 2.45) is 0 Å². The van der Waals surface area contributed by atoms with Crippen LogP contribution in [0.3, 0.4) is 0 Å². The molecule has 2 N–H and O–H groups in total. The van der Waals surface area contributed by atoms with E-state index in [-0.39, 0.29) is 31.0 Å². The predicted octanol–water partition coefficient (Wildman–Crippen LogP) is 0.968. The molecular weight excluding hydrogens is 241 g/mol. The van der Waals surface area contributed by atoms with Crippen molar-refractivity contribution in [1.82, 2.24) is 5.32 Å². The fraction of sp³-hybridized carbons (Fsp3) is 0.333. The van der Waals surface area contributed by atoms with Crippen LogP contribution >= 0.6 is 0 Å². The molecule has 98 valence electrons. The van der Waals surface area contributed by atoms with Gasteiger partial charge in [0, 0.05) is 6.54 Å². The van der Waals surface area contributed by atoms with Gasteiger partial charge in [-0.1, -0.05) is 6.07 Å². The zero-order valence-electron chi connectivity index (χ0n) is 9.90. The van der Waals surface area contributed by atoms with E-state index in [1.165, 1.54) is 19.2 Å². The Bertz CT molecular complexity index is 448. The fourth-order valence-corrected chi connectivity index (χ4v) is 1.38. The van der Waals surface area contributed by atoms with Gasteiger partial charge in [-0.25, -0.2) is 4.39 Å². The topological polar surface area (TPSA) is 75.6 Å². The second-order valence-corrected chi connectivity index (χ2v) is 3.64. The van der Waals surface area contributed by atoms with Crippen LogP contribution in [0.25, 0.3) is 0 Å². The number of carbonyl (C=O) groups excluding carboxylic acids is 1. The van der Waals surface area contributed by atoms with E-state index in [0.717, 1.165) is 0 Å². The number of amides is 1. The van der Waals surface area contributed by atoms with Gasteiger partial charge in [-0.15, -0.1) is 0 Å². The highest BCUT2D eigenvalue weighted by Crippen LogP contribution is 2.17. The molecule has 0 fully saturated rings. The summed E-state index contributed by atoms with van der Waals surface area (Å²) >= 11 is 0. The molecule has 5 nitrogen and oxygen atoms in total. The smallest absolute Gasteiger partial charge is 0.305 e. The van der Waals surface area contributed by atoms with Crippen LogP contribution in [-0.2, 0) is 16.0 Å². The third-order valence-corrected chi connectivity index (χ3v) is 2.24. The largest absolute Gasteiger partial charge is 0.494 e. The van der Waals surface area contributed by atoms with Crippen molar-refractivity contribution < 1.29 is 23.8 Å². The third-order valence-electron chi connectivity index (χ3n) is 2.24. The number of benzene rings is 1. The SMILES string of the molecule is COc1ccc(CC(=O)NCCC(=O)O)cc1F. The van der Waals surface area contributed by atoms with Crippen molar-refractivity contribution >= 4 is 11.9 Å². The molecule has 0 atom stereocenters. The standard InChI is InChI=1S/C12H14FNO4/c1-18-10-3-2-8(6-9(10)13)7-11(15)14-5-4-12(16)17/h2-3,6H,4-5,7H2,1H3,(H,14,15)(H,16,17). The Morgan fingerprint density at radius 3 is 2.72 bits per heavy atom. The Hall–Kier alpha value is -2.11. The van der Waals surface area contributed by atoms with Crippen LogP contribution in [0.5, 0.6) is 5.75 Å². The van der Waals surface area contributed by atoms with Gasteiger partial charge >= 0.3 is 5.97 Å². The van der Waals surface area contributed by atoms with Gasteiger partial charge in [0.15, 0.2) is 11.6 Å². The summed E-state index contributed by atoms with van der Waals surface area (Å²) < 4.78 is 18.1. The van der Waals surface area contributed by atoms with Crippen molar-refractivity contribution in [3.63, 3.8) is 0 Å². The molecule has 1 amide bonds. The molecule has 0 saturated carbocycles. The molecule has 1 aromatic rings. The normalized spacial score (nSPS) is 9.89. The molecule has 0 aliphatic carbocycles. The van der Waals surface area contributed by atoms with Gasteiger partial charge in [0.2, 0.25) is 5.91 Å². The molecular formula is C12H14FNO4. The molecule has 0 saturated heterocycles. The van der Waals surface area contributed by atoms with Crippen molar-refractivity contribution in [3.8, 4) is 5.75 Å². The highest BCUT2D eigenvalue weighted by Gasteiger charge is 2.07. The Morgan fingerprint density at radius 2 is 2.17 bits per heavy atom. The molecule has 0 spiro atoms. The van der Waals surface area contributed by atoms with E-state index in [1.54, 1.807) is 6.07 Å². The number of rotatable bonds is 6. The lowest BCUT2D eigenvalue weighted by Crippen LogP contribution is -2.27. The van der Waals surface area contributed by atoms with E-state index in [4.69, 9.17) is 9.84 Å². The molecule has 0 bridgehead atoms. The molecule has 0 radical (unpaired) electrons. The fourth-order valence-electron chi connectivity index (χ4n) is 1.38. The van der Waals surface area contributed by atoms with Gasteiger partial charge in [0.1, 0.15) is 0 Å². The second kappa shape index (κ2) is 6.58. The monoisotopic (exact) mass is 255 g/mol. The molecule has 0 aliphatic heterocycles. The number of aliphatic carboxylic acids is 1. The number of carboxylic acid groups (broad SMARTS) is 1. The number of nitrogens with one attached hydrogen (secondary N) is 1. The lowest BCUT2D eigenvalue weighted by atomic mass is 10.1. The number of carboxylic acids is 1. The van der Waals surface area contributed by atoms with Gasteiger partial charge in [-0.05, 0) is 17.7 Å². The van der Waals surface area contributed by atoms with Gasteiger partial charge in [0.05, 0.1) is 20.0 Å². The van der Waals surface area contributed by atoms with E-state index in [0.29, 0.717) is 5.56 Å². The van der Waals surface area contributed by atoms with E-state index in [2.05, 4.69) is 5.32 Å². The van der Waals surface area contributed by atoms with Crippen LogP contribution in [0, 0.1) is 5.82 Å². The van der Waals surface area contributed by atoms with Crippen molar-refractivity contribution in [2.75, 3.05) is 13.7 Å². The van der Waals surface area contributed by atoms with Crippen LogP contribution in [0.1, 0.15) is 12.0 Å². The van der Waals surface area contributed by atoms with Gasteiger partial charge in [-0.2, -0.15) is 0 Å². The van der Waals surface area contributed by atoms with E-state index in [1.807, 2.05) is 0 Å². The lowest BCUT2D eigenvalue weighted by Gasteiger charge is -2.06. The summed E-state index contributed by atoms with van der Waals surface area (Å²) in [6.07, 6.45) is -0.136. The molecule has 1 aromatic carbocycles. The van der Waals surface area contributed by atoms with Crippen molar-refractivity contribution in [2.45, 2.75) is 12.8 Å². The van der Waals surface area contributed by atoms with E-state index in [9.17, 15) is 14.0 Å². The highest BCUT2D eigenvalue weighted by atomic mass is 19.1. The number of hydrogen-bond acceptors (Lipinski definition) is 3. The first-order valence-corrected chi connectivity index (χ1v) is 5.34. The summed E-state index contributed by atoms with van der Waals surface area (Å²) in [5.41, 5.74) is 0.501. The summed E-state index contributed by atoms with van der Waals surface area (Å²) in [6.45, 7) is 0.0623. The van der Waals surface area contributed by atoms with E-state index < -0.39 is 11.8 Å². The Balaban J connectivity index is 2.49. The quantitative estimate of drug-likeness (QED) is 0.794. The van der Waals surface area contributed by atoms with Gasteiger partial charge in [0.25, 0.3) is 0 Å². The zero-order chi connectivity index (χ0) is 13.5. The first-order chi connectivity index (χ1) is 8.52. The Morgan fingerprint density at radius 1 is 1.44 bits per heavy atom. The molecule has 1 rings (SSSR count). The van der Waals surface area contributed by atoms with Gasteiger partial charge in [-0.3, -0.25) is 9.59 Å². The lowest BCUT2D eigenvalue weighted by molar-refractivity contribution is -0.136. The summed E-state index contributed by atoms with van der Waals surface area (Å²) in [7, 11) is 1.36. The second-order valence-electron chi connectivity index (χ2n) is 3.64. The molecule has 18 heavy (non-hydrogen) atoms. The number of halogens is 1. The maximum absolute atomic E-state index is 13.3. The summed E-state index contributed by atoms with van der Waals surface area (Å²) in [5.74, 6) is -1.75. The average Bonchev–Trinajstić information content (AvgIpc) is 2.28. The summed E-state index contributed by atoms with van der Waals surface area (Å²) in [4.78, 5) is 21.6. The van der Waals surface area contributed by atoms with Gasteiger partial charge < -0.3 is 15.2 Å². The minimum absolute atomic E-state index is 0.000529. The van der Waals surface area contributed by atoms with Crippen LogP contribution in [0.15, 0.2) is 18.2 Å². The van der Waals surface area contributed by atoms with Crippen LogP contribution in [-0.4, -0.2) is 30.6 Å². The maximum atomic E-state index is 13.3. The molecule has 6 heteroatoms. The summed E-state index contributed by atoms with van der Waals surface area (Å²) in [6, 6.07) is 4.24. The molecule has 0 unspecified atom stereocenters. The number of methoxy groups -OCH3 is 1. The molecule has 0 aliphatic rings. The summed E-state index contributed by atoms with van der Waals surface area (Å²) in [5, 5.41) is 10.8. The third kappa shape index (κ3) is 4.40. The van der Waals surface area contributed by atoms with Crippen LogP contribution in [0.2, 0.25) is 0 Å². The van der Waals surface area contributed by atoms with Crippen LogP contribution in [0.4, 0.5) is 4.39 Å². The van der Waals surface area contributed by atoms with Crippen LogP contribution < -0.4 is 10.1 Å². The number of ether oxygens (including phenoxy) is 1. The Kier molecular flexibility index (Phi) is 5.10. The highest BCUT2D eigenvalue weighted by molar-refractivity contribution is 5.79. The zero-order valence-corrected chi connectivity index (χ0v) is 9.90. The van der Waals surface area contributed by atoms with E-state index >= 15 is 0 Å². The first-order valence-electron chi connectivity index (χ1n) is 5.34. The first kappa shape index (κ1) is 14.0. The Labute approximate surface area is 104 Å². The number of carbonyl (C=O) groups is 2. The predicted molar refractivity (Wildman–Crippen MR) is 61.9 cm³/mol. The minimum Gasteiger partial charge on any atom is -0.494 e. The minimum atomic E-state index is -0.981. The van der Waals surface area contributed by atoms with Crippen molar-refractivity contribution in [1.29, 1.82) is 0 Å².